The van der Waals surface area contributed by atoms with Crippen LogP contribution in [0, 0.1) is 11.8 Å². The zero-order valence-electron chi connectivity index (χ0n) is 22.9. The first-order valence-corrected chi connectivity index (χ1v) is 13.4. The number of nitrogens with two attached hydrogens (primary N) is 1. The molecule has 1 heterocycles. The van der Waals surface area contributed by atoms with E-state index >= 15 is 0 Å². The van der Waals surface area contributed by atoms with E-state index in [1.807, 2.05) is 26.0 Å². The summed E-state index contributed by atoms with van der Waals surface area (Å²) in [5, 5.41) is 2.82. The minimum atomic E-state index is -0.782. The monoisotopic (exact) mass is 517 g/mol. The van der Waals surface area contributed by atoms with Crippen LogP contribution in [0.3, 0.4) is 0 Å². The van der Waals surface area contributed by atoms with Crippen molar-refractivity contribution < 1.29 is 28.6 Å². The molecule has 0 aromatic heterocycles. The van der Waals surface area contributed by atoms with Gasteiger partial charge in [-0.1, -0.05) is 33.1 Å². The van der Waals surface area contributed by atoms with E-state index < -0.39 is 23.9 Å². The van der Waals surface area contributed by atoms with Crippen molar-refractivity contribution in [2.75, 3.05) is 27.9 Å². The van der Waals surface area contributed by atoms with E-state index in [1.54, 1.807) is 26.2 Å². The molecule has 9 heteroatoms. The highest BCUT2D eigenvalue weighted by molar-refractivity contribution is 5.93. The molecule has 1 aliphatic carbocycles. The van der Waals surface area contributed by atoms with Crippen LogP contribution in [-0.2, 0) is 14.4 Å². The highest BCUT2D eigenvalue weighted by Gasteiger charge is 2.41. The van der Waals surface area contributed by atoms with Gasteiger partial charge in [0.15, 0.2) is 11.5 Å². The highest BCUT2D eigenvalue weighted by Crippen LogP contribution is 2.45. The average molecular weight is 518 g/mol. The van der Waals surface area contributed by atoms with Crippen LogP contribution in [0.15, 0.2) is 12.1 Å². The van der Waals surface area contributed by atoms with Gasteiger partial charge in [-0.25, -0.2) is 0 Å². The molecule has 3 N–H and O–H groups in total. The third-order valence-electron chi connectivity index (χ3n) is 7.79. The van der Waals surface area contributed by atoms with E-state index in [9.17, 15) is 14.4 Å². The average Bonchev–Trinajstić information content (AvgIpc) is 2.91. The predicted molar refractivity (Wildman–Crippen MR) is 141 cm³/mol. The molecule has 3 amide bonds. The Morgan fingerprint density at radius 2 is 1.51 bits per heavy atom. The van der Waals surface area contributed by atoms with E-state index in [2.05, 4.69) is 5.32 Å². The second-order valence-corrected chi connectivity index (χ2v) is 10.5. The molecule has 3 atom stereocenters. The Kier molecular flexibility index (Phi) is 10.1. The molecule has 2 fully saturated rings. The van der Waals surface area contributed by atoms with E-state index in [1.165, 1.54) is 0 Å². The molecule has 1 saturated heterocycles. The normalized spacial score (nSPS) is 20.2. The van der Waals surface area contributed by atoms with E-state index in [4.69, 9.17) is 19.9 Å². The smallest absolute Gasteiger partial charge is 0.243 e. The van der Waals surface area contributed by atoms with Gasteiger partial charge in [0.1, 0.15) is 12.1 Å². The molecular formula is C28H43N3O6. The quantitative estimate of drug-likeness (QED) is 0.491. The number of benzene rings is 1. The number of rotatable bonds is 10. The number of likely N-dealkylation sites (tertiary alicyclic amines) is 1. The van der Waals surface area contributed by atoms with Crippen LogP contribution in [0.1, 0.15) is 76.7 Å². The zero-order chi connectivity index (χ0) is 27.1. The molecule has 0 spiro atoms. The van der Waals surface area contributed by atoms with Crippen LogP contribution in [0.2, 0.25) is 0 Å². The minimum absolute atomic E-state index is 0.0683. The number of piperidine rings is 1. The summed E-state index contributed by atoms with van der Waals surface area (Å²) in [6.07, 6.45) is 7.38. The second-order valence-electron chi connectivity index (χ2n) is 10.5. The molecule has 1 saturated carbocycles. The summed E-state index contributed by atoms with van der Waals surface area (Å²) in [7, 11) is 4.68. The Morgan fingerprint density at radius 3 is 2.03 bits per heavy atom. The van der Waals surface area contributed by atoms with Crippen LogP contribution < -0.4 is 25.3 Å². The summed E-state index contributed by atoms with van der Waals surface area (Å²) in [6.45, 7) is 4.17. The SMILES string of the molecule is COc1cc([C@@H](C(=O)N2CCCC[C@H]2C(=O)N[C@@H](C(N)=O)C(C)C)C2CCCCC2)cc(OC)c1OC. The molecule has 2 aliphatic rings. The van der Waals surface area contributed by atoms with Crippen LogP contribution in [-0.4, -0.2) is 62.6 Å². The number of hydrogen-bond donors (Lipinski definition) is 2. The molecule has 3 rings (SSSR count). The standard InChI is InChI=1S/C28H43N3O6/c1-17(2)24(26(29)32)30-27(33)20-13-9-10-14-31(20)28(34)23(18-11-7-6-8-12-18)19-15-21(35-3)25(37-5)22(16-19)36-4/h15-18,20,23-24H,6-14H2,1-5H3,(H2,29,32)(H,30,33)/t20-,23-,24+/m0/s1. The van der Waals surface area contributed by atoms with Gasteiger partial charge in [-0.2, -0.15) is 0 Å². The summed E-state index contributed by atoms with van der Waals surface area (Å²) in [5.41, 5.74) is 6.34. The lowest BCUT2D eigenvalue weighted by molar-refractivity contribution is -0.145. The van der Waals surface area contributed by atoms with Gasteiger partial charge in [-0.05, 0) is 61.6 Å². The number of methoxy groups -OCH3 is 3. The van der Waals surface area contributed by atoms with Crippen LogP contribution >= 0.6 is 0 Å². The van der Waals surface area contributed by atoms with Gasteiger partial charge >= 0.3 is 0 Å². The molecule has 9 nitrogen and oxygen atoms in total. The Hall–Kier alpha value is -2.97. The third-order valence-corrected chi connectivity index (χ3v) is 7.79. The summed E-state index contributed by atoms with van der Waals surface area (Å²) in [4.78, 5) is 41.4. The second kappa shape index (κ2) is 13.0. The fraction of sp³-hybridized carbons (Fsp3) is 0.679. The first-order chi connectivity index (χ1) is 17.7. The van der Waals surface area contributed by atoms with Crippen LogP contribution in [0.4, 0.5) is 0 Å². The lowest BCUT2D eigenvalue weighted by Gasteiger charge is -2.40. The number of amides is 3. The van der Waals surface area contributed by atoms with Gasteiger partial charge in [0.05, 0.1) is 27.2 Å². The number of primary amides is 1. The van der Waals surface area contributed by atoms with Crippen molar-refractivity contribution in [1.29, 1.82) is 0 Å². The molecule has 1 aromatic carbocycles. The van der Waals surface area contributed by atoms with Gasteiger partial charge in [0.2, 0.25) is 23.5 Å². The number of hydrogen-bond acceptors (Lipinski definition) is 6. The number of ether oxygens (including phenoxy) is 3. The largest absolute Gasteiger partial charge is 0.493 e. The fourth-order valence-electron chi connectivity index (χ4n) is 5.83. The lowest BCUT2D eigenvalue weighted by atomic mass is 9.75. The Labute approximate surface area is 220 Å². The molecule has 1 aromatic rings. The van der Waals surface area contributed by atoms with Gasteiger partial charge < -0.3 is 30.2 Å². The fourth-order valence-corrected chi connectivity index (χ4v) is 5.83. The first-order valence-electron chi connectivity index (χ1n) is 13.4. The van der Waals surface area contributed by atoms with Gasteiger partial charge in [-0.3, -0.25) is 14.4 Å². The Bertz CT molecular complexity index is 934. The van der Waals surface area contributed by atoms with E-state index in [0.717, 1.165) is 50.5 Å². The summed E-state index contributed by atoms with van der Waals surface area (Å²) in [5.74, 6) is 0.0596. The molecule has 206 valence electrons. The molecule has 0 unspecified atom stereocenters. The zero-order valence-corrected chi connectivity index (χ0v) is 22.9. The molecular weight excluding hydrogens is 474 g/mol. The lowest BCUT2D eigenvalue weighted by Crippen LogP contribution is -2.57. The summed E-state index contributed by atoms with van der Waals surface area (Å²) in [6, 6.07) is 2.30. The van der Waals surface area contributed by atoms with Crippen molar-refractivity contribution >= 4 is 17.7 Å². The van der Waals surface area contributed by atoms with Gasteiger partial charge in [-0.15, -0.1) is 0 Å². The van der Waals surface area contributed by atoms with Crippen LogP contribution in [0.25, 0.3) is 0 Å². The minimum Gasteiger partial charge on any atom is -0.493 e. The van der Waals surface area contributed by atoms with Gasteiger partial charge in [0, 0.05) is 6.54 Å². The maximum atomic E-state index is 14.4. The van der Waals surface area contributed by atoms with Crippen molar-refractivity contribution in [1.82, 2.24) is 10.2 Å². The number of carbonyl (C=O) groups excluding carboxylic acids is 3. The topological polar surface area (TPSA) is 120 Å². The van der Waals surface area contributed by atoms with Crippen molar-refractivity contribution in [3.63, 3.8) is 0 Å². The Morgan fingerprint density at radius 1 is 0.919 bits per heavy atom. The molecule has 0 bridgehead atoms. The van der Waals surface area contributed by atoms with Crippen molar-refractivity contribution in [3.05, 3.63) is 17.7 Å². The van der Waals surface area contributed by atoms with Crippen LogP contribution in [0.5, 0.6) is 17.2 Å². The van der Waals surface area contributed by atoms with Crippen molar-refractivity contribution in [2.24, 2.45) is 17.6 Å². The molecule has 0 radical (unpaired) electrons. The number of nitrogens with zero attached hydrogens (tertiary/aromatic N) is 1. The number of carbonyl (C=O) groups is 3. The van der Waals surface area contributed by atoms with Crippen molar-refractivity contribution in [2.45, 2.75) is 83.2 Å². The third kappa shape index (κ3) is 6.48. The maximum Gasteiger partial charge on any atom is 0.243 e. The van der Waals surface area contributed by atoms with Crippen molar-refractivity contribution in [3.8, 4) is 17.2 Å². The predicted octanol–water partition coefficient (Wildman–Crippen LogP) is 3.38. The summed E-state index contributed by atoms with van der Waals surface area (Å²) < 4.78 is 16.7. The molecule has 37 heavy (non-hydrogen) atoms. The van der Waals surface area contributed by atoms with E-state index in [0.29, 0.717) is 30.2 Å². The Balaban J connectivity index is 1.99. The first kappa shape index (κ1) is 28.6. The van der Waals surface area contributed by atoms with Gasteiger partial charge in [0.25, 0.3) is 0 Å². The summed E-state index contributed by atoms with van der Waals surface area (Å²) >= 11 is 0. The highest BCUT2D eigenvalue weighted by atomic mass is 16.5. The van der Waals surface area contributed by atoms with E-state index in [-0.39, 0.29) is 23.7 Å². The molecule has 1 aliphatic heterocycles. The number of nitrogens with one attached hydrogen (secondary N) is 1. The maximum absolute atomic E-state index is 14.4.